The number of nitrogens with zero attached hydrogens (tertiary/aromatic N) is 1. The smallest absolute Gasteiger partial charge is 0.323 e. The molecular formula is C21H25N3O5. The predicted molar refractivity (Wildman–Crippen MR) is 112 cm³/mol. The molecule has 0 radical (unpaired) electrons. The Hall–Kier alpha value is -3.42. The SMILES string of the molecule is CCN1C(=O)CCc2cc(NC(=O)Nc3cc(OC)c(OC)c(OC)c3)ccc21. The van der Waals surface area contributed by atoms with Crippen molar-refractivity contribution in [3.05, 3.63) is 35.9 Å². The lowest BCUT2D eigenvalue weighted by Gasteiger charge is -2.28. The first-order chi connectivity index (χ1) is 14.0. The molecule has 29 heavy (non-hydrogen) atoms. The van der Waals surface area contributed by atoms with E-state index in [9.17, 15) is 9.59 Å². The van der Waals surface area contributed by atoms with Crippen molar-refractivity contribution in [3.8, 4) is 17.2 Å². The highest BCUT2D eigenvalue weighted by atomic mass is 16.5. The largest absolute Gasteiger partial charge is 0.493 e. The molecule has 2 N–H and O–H groups in total. The van der Waals surface area contributed by atoms with E-state index in [0.29, 0.717) is 48.0 Å². The number of fused-ring (bicyclic) bond motifs is 1. The molecule has 8 heteroatoms. The lowest BCUT2D eigenvalue weighted by Crippen LogP contribution is -2.34. The van der Waals surface area contributed by atoms with Gasteiger partial charge in [-0.1, -0.05) is 0 Å². The Kier molecular flexibility index (Phi) is 6.11. The highest BCUT2D eigenvalue weighted by Gasteiger charge is 2.23. The molecule has 0 saturated carbocycles. The van der Waals surface area contributed by atoms with Crippen molar-refractivity contribution < 1.29 is 23.8 Å². The number of amides is 3. The molecule has 0 bridgehead atoms. The Morgan fingerprint density at radius 3 is 2.21 bits per heavy atom. The summed E-state index contributed by atoms with van der Waals surface area (Å²) in [5.74, 6) is 1.46. The third-order valence-corrected chi connectivity index (χ3v) is 4.78. The predicted octanol–water partition coefficient (Wildman–Crippen LogP) is 3.66. The molecule has 0 aromatic heterocycles. The van der Waals surface area contributed by atoms with E-state index in [0.717, 1.165) is 11.3 Å². The van der Waals surface area contributed by atoms with Gasteiger partial charge in [-0.2, -0.15) is 0 Å². The summed E-state index contributed by atoms with van der Waals surface area (Å²) in [6, 6.07) is 8.45. The van der Waals surface area contributed by atoms with Gasteiger partial charge >= 0.3 is 6.03 Å². The van der Waals surface area contributed by atoms with Gasteiger partial charge in [-0.3, -0.25) is 4.79 Å². The number of anilines is 3. The molecule has 1 heterocycles. The van der Waals surface area contributed by atoms with Crippen LogP contribution in [-0.4, -0.2) is 39.8 Å². The molecule has 0 saturated heterocycles. The van der Waals surface area contributed by atoms with Gasteiger partial charge in [-0.15, -0.1) is 0 Å². The number of carbonyl (C=O) groups is 2. The van der Waals surface area contributed by atoms with Crippen molar-refractivity contribution in [1.82, 2.24) is 0 Å². The fraction of sp³-hybridized carbons (Fsp3) is 0.333. The number of aryl methyl sites for hydroxylation is 1. The summed E-state index contributed by atoms with van der Waals surface area (Å²) >= 11 is 0. The standard InChI is InChI=1S/C21H25N3O5/c1-5-24-16-8-7-14(10-13(16)6-9-19(24)25)22-21(26)23-15-11-17(27-2)20(29-4)18(12-15)28-3/h7-8,10-12H,5-6,9H2,1-4H3,(H2,22,23,26). The Labute approximate surface area is 169 Å². The first kappa shape index (κ1) is 20.3. The van der Waals surface area contributed by atoms with Crippen LogP contribution >= 0.6 is 0 Å². The first-order valence-corrected chi connectivity index (χ1v) is 9.32. The summed E-state index contributed by atoms with van der Waals surface area (Å²) in [7, 11) is 4.54. The zero-order valence-corrected chi connectivity index (χ0v) is 17.0. The summed E-state index contributed by atoms with van der Waals surface area (Å²) in [4.78, 5) is 26.3. The molecule has 1 aliphatic rings. The highest BCUT2D eigenvalue weighted by Crippen LogP contribution is 2.40. The number of methoxy groups -OCH3 is 3. The zero-order valence-electron chi connectivity index (χ0n) is 17.0. The van der Waals surface area contributed by atoms with E-state index in [1.54, 1.807) is 23.1 Å². The van der Waals surface area contributed by atoms with Gasteiger partial charge in [0.1, 0.15) is 0 Å². The molecule has 0 fully saturated rings. The summed E-state index contributed by atoms with van der Waals surface area (Å²) in [6.45, 7) is 2.57. The van der Waals surface area contributed by atoms with E-state index < -0.39 is 6.03 Å². The van der Waals surface area contributed by atoms with E-state index in [-0.39, 0.29) is 5.91 Å². The normalized spacial score (nSPS) is 12.8. The number of ether oxygens (including phenoxy) is 3. The van der Waals surface area contributed by atoms with E-state index in [1.807, 2.05) is 19.1 Å². The van der Waals surface area contributed by atoms with Crippen LogP contribution in [0.15, 0.2) is 30.3 Å². The molecule has 2 aromatic carbocycles. The Bertz CT molecular complexity index is 904. The summed E-state index contributed by atoms with van der Waals surface area (Å²) in [5.41, 5.74) is 3.09. The highest BCUT2D eigenvalue weighted by molar-refractivity contribution is 6.01. The number of rotatable bonds is 6. The fourth-order valence-electron chi connectivity index (χ4n) is 3.43. The number of hydrogen-bond donors (Lipinski definition) is 2. The van der Waals surface area contributed by atoms with Gasteiger partial charge in [0.15, 0.2) is 11.5 Å². The van der Waals surface area contributed by atoms with Crippen LogP contribution in [0.25, 0.3) is 0 Å². The van der Waals surface area contributed by atoms with Crippen molar-refractivity contribution in [2.24, 2.45) is 0 Å². The number of benzene rings is 2. The number of urea groups is 1. The van der Waals surface area contributed by atoms with Crippen molar-refractivity contribution >= 4 is 29.0 Å². The van der Waals surface area contributed by atoms with E-state index >= 15 is 0 Å². The Morgan fingerprint density at radius 2 is 1.62 bits per heavy atom. The molecule has 0 spiro atoms. The molecule has 8 nitrogen and oxygen atoms in total. The van der Waals surface area contributed by atoms with Gasteiger partial charge in [0.05, 0.1) is 27.0 Å². The maximum Gasteiger partial charge on any atom is 0.323 e. The van der Waals surface area contributed by atoms with E-state index in [1.165, 1.54) is 21.3 Å². The van der Waals surface area contributed by atoms with Crippen LogP contribution in [0.2, 0.25) is 0 Å². The second-order valence-corrected chi connectivity index (χ2v) is 6.47. The maximum absolute atomic E-state index is 12.5. The van der Waals surface area contributed by atoms with Crippen LogP contribution in [-0.2, 0) is 11.2 Å². The third kappa shape index (κ3) is 4.21. The first-order valence-electron chi connectivity index (χ1n) is 9.32. The average molecular weight is 399 g/mol. The van der Waals surface area contributed by atoms with Gasteiger partial charge < -0.3 is 29.7 Å². The fourth-order valence-corrected chi connectivity index (χ4v) is 3.43. The van der Waals surface area contributed by atoms with Crippen LogP contribution in [0.3, 0.4) is 0 Å². The second-order valence-electron chi connectivity index (χ2n) is 6.47. The van der Waals surface area contributed by atoms with Crippen LogP contribution in [0.4, 0.5) is 21.9 Å². The van der Waals surface area contributed by atoms with E-state index in [2.05, 4.69) is 10.6 Å². The molecule has 0 atom stereocenters. The molecule has 1 aliphatic heterocycles. The van der Waals surface area contributed by atoms with Gasteiger partial charge in [-0.05, 0) is 37.1 Å². The van der Waals surface area contributed by atoms with Crippen LogP contribution in [0.1, 0.15) is 18.9 Å². The zero-order chi connectivity index (χ0) is 21.0. The summed E-state index contributed by atoms with van der Waals surface area (Å²) < 4.78 is 15.9. The molecule has 0 unspecified atom stereocenters. The lowest BCUT2D eigenvalue weighted by atomic mass is 10.0. The molecule has 0 aliphatic carbocycles. The minimum atomic E-state index is -0.404. The summed E-state index contributed by atoms with van der Waals surface area (Å²) in [5, 5.41) is 5.59. The van der Waals surface area contributed by atoms with Crippen molar-refractivity contribution in [3.63, 3.8) is 0 Å². The molecule has 154 valence electrons. The minimum Gasteiger partial charge on any atom is -0.493 e. The van der Waals surface area contributed by atoms with Crippen molar-refractivity contribution in [2.45, 2.75) is 19.8 Å². The van der Waals surface area contributed by atoms with Crippen LogP contribution < -0.4 is 29.7 Å². The topological polar surface area (TPSA) is 89.1 Å². The van der Waals surface area contributed by atoms with Crippen molar-refractivity contribution in [1.29, 1.82) is 0 Å². The van der Waals surface area contributed by atoms with Gasteiger partial charge in [0.25, 0.3) is 0 Å². The van der Waals surface area contributed by atoms with Crippen LogP contribution in [0, 0.1) is 0 Å². The molecule has 3 rings (SSSR count). The molecular weight excluding hydrogens is 374 g/mol. The summed E-state index contributed by atoms with van der Waals surface area (Å²) in [6.07, 6.45) is 1.14. The number of carbonyl (C=O) groups excluding carboxylic acids is 2. The average Bonchev–Trinajstić information content (AvgIpc) is 2.72. The van der Waals surface area contributed by atoms with Gasteiger partial charge in [0.2, 0.25) is 11.7 Å². The monoisotopic (exact) mass is 399 g/mol. The third-order valence-electron chi connectivity index (χ3n) is 4.78. The quantitative estimate of drug-likeness (QED) is 0.774. The van der Waals surface area contributed by atoms with Gasteiger partial charge in [0, 0.05) is 36.5 Å². The maximum atomic E-state index is 12.5. The van der Waals surface area contributed by atoms with Crippen molar-refractivity contribution in [2.75, 3.05) is 43.4 Å². The van der Waals surface area contributed by atoms with Crippen LogP contribution in [0.5, 0.6) is 17.2 Å². The second kappa shape index (κ2) is 8.72. The number of nitrogens with one attached hydrogen (secondary N) is 2. The lowest BCUT2D eigenvalue weighted by molar-refractivity contribution is -0.118. The number of hydrogen-bond acceptors (Lipinski definition) is 5. The Morgan fingerprint density at radius 1 is 0.966 bits per heavy atom. The Balaban J connectivity index is 1.76. The van der Waals surface area contributed by atoms with E-state index in [4.69, 9.17) is 14.2 Å². The van der Waals surface area contributed by atoms with Gasteiger partial charge in [-0.25, -0.2) is 4.79 Å². The minimum absolute atomic E-state index is 0.126. The molecule has 3 amide bonds. The molecule has 2 aromatic rings.